The lowest BCUT2D eigenvalue weighted by molar-refractivity contribution is -0.387. The molecule has 108 valence electrons. The third-order valence-corrected chi connectivity index (χ3v) is 2.28. The molecule has 0 atom stereocenters. The summed E-state index contributed by atoms with van der Waals surface area (Å²) in [5.74, 6) is -4.62. The van der Waals surface area contributed by atoms with Crippen LogP contribution in [0.15, 0.2) is 12.1 Å². The van der Waals surface area contributed by atoms with Crippen LogP contribution in [0.1, 0.15) is 17.3 Å². The second-order valence-electron chi connectivity index (χ2n) is 3.65. The molecule has 0 bridgehead atoms. The van der Waals surface area contributed by atoms with Gasteiger partial charge in [-0.25, -0.2) is 4.39 Å². The van der Waals surface area contributed by atoms with Crippen molar-refractivity contribution >= 4 is 17.5 Å². The molecule has 1 aromatic carbocycles. The van der Waals surface area contributed by atoms with Crippen LogP contribution in [0, 0.1) is 21.7 Å². The van der Waals surface area contributed by atoms with Crippen molar-refractivity contribution in [1.29, 1.82) is 0 Å². The number of halogens is 2. The average molecular weight is 287 g/mol. The Morgan fingerprint density at radius 2 is 1.95 bits per heavy atom. The van der Waals surface area contributed by atoms with Crippen LogP contribution in [0.2, 0.25) is 0 Å². The zero-order chi connectivity index (χ0) is 15.3. The minimum absolute atomic E-state index is 0.328. The molecule has 1 rings (SSSR count). The molecule has 0 saturated carbocycles. The fraction of sp³-hybridized carbons (Fsp3) is 0.273. The van der Waals surface area contributed by atoms with Crippen LogP contribution in [0.3, 0.4) is 0 Å². The molecule has 9 heteroatoms. The predicted octanol–water partition coefficient (Wildman–Crippen LogP) is 0.739. The summed E-state index contributed by atoms with van der Waals surface area (Å²) in [6.07, 6.45) is 0. The van der Waals surface area contributed by atoms with E-state index < -0.39 is 46.2 Å². The lowest BCUT2D eigenvalue weighted by Crippen LogP contribution is -2.37. The van der Waals surface area contributed by atoms with Crippen molar-refractivity contribution in [1.82, 2.24) is 10.6 Å². The monoisotopic (exact) mass is 287 g/mol. The number of carbonyl (C=O) groups excluding carboxylic acids is 2. The fourth-order valence-corrected chi connectivity index (χ4v) is 1.40. The Bertz CT molecular complexity index is 563. The molecule has 0 fully saturated rings. The van der Waals surface area contributed by atoms with Crippen molar-refractivity contribution in [2.75, 3.05) is 13.1 Å². The van der Waals surface area contributed by atoms with Gasteiger partial charge in [0.25, 0.3) is 5.91 Å². The predicted molar refractivity (Wildman–Crippen MR) is 64.0 cm³/mol. The molecule has 0 spiro atoms. The number of benzene rings is 1. The quantitative estimate of drug-likeness (QED) is 0.616. The number of hydrogen-bond acceptors (Lipinski definition) is 4. The summed E-state index contributed by atoms with van der Waals surface area (Å²) in [6.45, 7) is 1.49. The topological polar surface area (TPSA) is 101 Å². The molecule has 2 N–H and O–H groups in total. The Labute approximate surface area is 112 Å². The van der Waals surface area contributed by atoms with E-state index in [4.69, 9.17) is 0 Å². The summed E-state index contributed by atoms with van der Waals surface area (Å²) in [7, 11) is 0. The van der Waals surface area contributed by atoms with Crippen LogP contribution in [0.4, 0.5) is 14.5 Å². The lowest BCUT2D eigenvalue weighted by atomic mass is 10.1. The van der Waals surface area contributed by atoms with Gasteiger partial charge in [0.05, 0.1) is 11.5 Å². The Morgan fingerprint density at radius 3 is 2.50 bits per heavy atom. The minimum Gasteiger partial charge on any atom is -0.355 e. The standard InChI is InChI=1S/C11H11F2N3O4/c1-2-14-8(17)5-15-11(18)9-6(12)3-4-7(10(9)13)16(19)20/h3-4H,2,5H2,1H3,(H,14,17)(H,15,18). The van der Waals surface area contributed by atoms with E-state index >= 15 is 0 Å². The van der Waals surface area contributed by atoms with Crippen LogP contribution in [-0.4, -0.2) is 29.8 Å². The molecular weight excluding hydrogens is 276 g/mol. The molecule has 1 aromatic rings. The van der Waals surface area contributed by atoms with E-state index in [0.29, 0.717) is 18.7 Å². The highest BCUT2D eigenvalue weighted by molar-refractivity contribution is 5.97. The number of carbonyl (C=O) groups is 2. The fourth-order valence-electron chi connectivity index (χ4n) is 1.40. The van der Waals surface area contributed by atoms with Gasteiger partial charge in [-0.2, -0.15) is 4.39 Å². The van der Waals surface area contributed by atoms with Gasteiger partial charge in [-0.1, -0.05) is 0 Å². The van der Waals surface area contributed by atoms with Gasteiger partial charge >= 0.3 is 5.69 Å². The Morgan fingerprint density at radius 1 is 1.30 bits per heavy atom. The summed E-state index contributed by atoms with van der Waals surface area (Å²) < 4.78 is 27.1. The number of nitro groups is 1. The van der Waals surface area contributed by atoms with E-state index in [9.17, 15) is 28.5 Å². The molecule has 0 aromatic heterocycles. The number of amides is 2. The van der Waals surface area contributed by atoms with E-state index in [1.165, 1.54) is 0 Å². The van der Waals surface area contributed by atoms with Crippen LogP contribution in [0.5, 0.6) is 0 Å². The molecule has 2 amide bonds. The van der Waals surface area contributed by atoms with E-state index in [-0.39, 0.29) is 0 Å². The number of nitrogens with zero attached hydrogens (tertiary/aromatic N) is 1. The second-order valence-corrected chi connectivity index (χ2v) is 3.65. The first-order valence-corrected chi connectivity index (χ1v) is 5.55. The zero-order valence-electron chi connectivity index (χ0n) is 10.4. The maximum atomic E-state index is 13.7. The SMILES string of the molecule is CCNC(=O)CNC(=O)c1c(F)ccc([N+](=O)[O-])c1F. The van der Waals surface area contributed by atoms with Gasteiger partial charge in [-0.05, 0) is 13.0 Å². The minimum atomic E-state index is -1.58. The molecular formula is C11H11F2N3O4. The number of nitrogens with one attached hydrogen (secondary N) is 2. The maximum absolute atomic E-state index is 13.7. The van der Waals surface area contributed by atoms with Gasteiger partial charge in [0.1, 0.15) is 11.4 Å². The van der Waals surface area contributed by atoms with Crippen molar-refractivity contribution in [2.45, 2.75) is 6.92 Å². The number of rotatable bonds is 5. The summed E-state index contributed by atoms with van der Waals surface area (Å²) in [5, 5.41) is 14.8. The van der Waals surface area contributed by atoms with Crippen molar-refractivity contribution in [2.24, 2.45) is 0 Å². The van der Waals surface area contributed by atoms with Crippen LogP contribution in [-0.2, 0) is 4.79 Å². The van der Waals surface area contributed by atoms with E-state index in [2.05, 4.69) is 5.32 Å². The molecule has 0 aliphatic carbocycles. The van der Waals surface area contributed by atoms with E-state index in [0.717, 1.165) is 0 Å². The third kappa shape index (κ3) is 3.46. The largest absolute Gasteiger partial charge is 0.355 e. The Kier molecular flexibility index (Phi) is 5.07. The van der Waals surface area contributed by atoms with Crippen LogP contribution in [0.25, 0.3) is 0 Å². The van der Waals surface area contributed by atoms with E-state index in [1.54, 1.807) is 6.92 Å². The average Bonchev–Trinajstić information content (AvgIpc) is 2.36. The zero-order valence-corrected chi connectivity index (χ0v) is 10.4. The number of nitro benzene ring substituents is 1. The molecule has 0 aliphatic rings. The number of likely N-dealkylation sites (N-methyl/N-ethyl adjacent to an activating group) is 1. The van der Waals surface area contributed by atoms with Crippen molar-refractivity contribution in [3.05, 3.63) is 39.4 Å². The van der Waals surface area contributed by atoms with Crippen molar-refractivity contribution in [3.8, 4) is 0 Å². The second kappa shape index (κ2) is 6.55. The smallest absolute Gasteiger partial charge is 0.305 e. The van der Waals surface area contributed by atoms with Gasteiger partial charge in [0, 0.05) is 12.6 Å². The maximum Gasteiger partial charge on any atom is 0.305 e. The molecule has 0 saturated heterocycles. The van der Waals surface area contributed by atoms with E-state index in [1.807, 2.05) is 5.32 Å². The molecule has 0 aliphatic heterocycles. The van der Waals surface area contributed by atoms with Gasteiger partial charge < -0.3 is 10.6 Å². The molecule has 0 radical (unpaired) electrons. The highest BCUT2D eigenvalue weighted by Gasteiger charge is 2.26. The van der Waals surface area contributed by atoms with Crippen molar-refractivity contribution in [3.63, 3.8) is 0 Å². The third-order valence-electron chi connectivity index (χ3n) is 2.28. The first kappa shape index (κ1) is 15.5. The van der Waals surface area contributed by atoms with Gasteiger partial charge in [0.15, 0.2) is 0 Å². The van der Waals surface area contributed by atoms with Crippen molar-refractivity contribution < 1.29 is 23.3 Å². The number of hydrogen-bond donors (Lipinski definition) is 2. The highest BCUT2D eigenvalue weighted by atomic mass is 19.1. The summed E-state index contributed by atoms with van der Waals surface area (Å²) >= 11 is 0. The van der Waals surface area contributed by atoms with Crippen LogP contribution < -0.4 is 10.6 Å². The first-order chi connectivity index (χ1) is 9.38. The van der Waals surface area contributed by atoms with Gasteiger partial charge in [-0.15, -0.1) is 0 Å². The van der Waals surface area contributed by atoms with Crippen LogP contribution >= 0.6 is 0 Å². The lowest BCUT2D eigenvalue weighted by Gasteiger charge is -2.07. The van der Waals surface area contributed by atoms with Gasteiger partial charge in [-0.3, -0.25) is 19.7 Å². The highest BCUT2D eigenvalue weighted by Crippen LogP contribution is 2.22. The van der Waals surface area contributed by atoms with Gasteiger partial charge in [0.2, 0.25) is 11.7 Å². The normalized spacial score (nSPS) is 9.95. The summed E-state index contributed by atoms with van der Waals surface area (Å²) in [4.78, 5) is 32.1. The Hall–Kier alpha value is -2.58. The summed E-state index contributed by atoms with van der Waals surface area (Å²) in [6, 6.07) is 1.23. The molecule has 0 unspecified atom stereocenters. The summed E-state index contributed by atoms with van der Waals surface area (Å²) in [5.41, 5.74) is -2.11. The first-order valence-electron chi connectivity index (χ1n) is 5.55. The molecule has 0 heterocycles. The molecule has 20 heavy (non-hydrogen) atoms. The Balaban J connectivity index is 2.95. The molecule has 7 nitrogen and oxygen atoms in total.